The van der Waals surface area contributed by atoms with Crippen LogP contribution in [0.5, 0.6) is 0 Å². The summed E-state index contributed by atoms with van der Waals surface area (Å²) < 4.78 is 31.2. The molecule has 2 aromatic carbocycles. The molecule has 0 radical (unpaired) electrons. The van der Waals surface area contributed by atoms with E-state index in [0.717, 1.165) is 17.4 Å². The highest BCUT2D eigenvalue weighted by Gasteiger charge is 2.13. The highest BCUT2D eigenvalue weighted by atomic mass is 32.2. The molecule has 9 heteroatoms. The predicted octanol–water partition coefficient (Wildman–Crippen LogP) is 4.49. The number of amides is 1. The Morgan fingerprint density at radius 2 is 1.67 bits per heavy atom. The SMILES string of the molecule is CS(=O)(=O)Nc1cc(NC(=O)OCc2ccccc2)cnc1SCc1ccccc1. The molecule has 0 saturated carbocycles. The first kappa shape index (κ1) is 21.7. The van der Waals surface area contributed by atoms with Crippen LogP contribution in [-0.4, -0.2) is 25.8 Å². The molecule has 156 valence electrons. The van der Waals surface area contributed by atoms with E-state index in [-0.39, 0.29) is 6.61 Å². The molecule has 1 heterocycles. The first-order valence-corrected chi connectivity index (χ1v) is 11.9. The molecule has 3 aromatic rings. The van der Waals surface area contributed by atoms with Gasteiger partial charge in [-0.3, -0.25) is 10.0 Å². The number of ether oxygens (including phenoxy) is 1. The van der Waals surface area contributed by atoms with E-state index in [0.29, 0.717) is 22.2 Å². The Labute approximate surface area is 179 Å². The van der Waals surface area contributed by atoms with Crippen molar-refractivity contribution in [3.63, 3.8) is 0 Å². The molecule has 0 aliphatic rings. The van der Waals surface area contributed by atoms with E-state index in [4.69, 9.17) is 4.74 Å². The molecule has 0 fully saturated rings. The molecular weight excluding hydrogens is 422 g/mol. The maximum Gasteiger partial charge on any atom is 0.412 e. The van der Waals surface area contributed by atoms with E-state index in [1.807, 2.05) is 60.7 Å². The lowest BCUT2D eigenvalue weighted by molar-refractivity contribution is 0.155. The van der Waals surface area contributed by atoms with E-state index < -0.39 is 16.1 Å². The molecule has 0 unspecified atom stereocenters. The summed E-state index contributed by atoms with van der Waals surface area (Å²) in [6.45, 7) is 0.125. The minimum absolute atomic E-state index is 0.125. The zero-order valence-electron chi connectivity index (χ0n) is 16.2. The average Bonchev–Trinajstić information content (AvgIpc) is 2.72. The molecule has 0 spiro atoms. The number of carbonyl (C=O) groups excluding carboxylic acids is 1. The molecule has 2 N–H and O–H groups in total. The van der Waals surface area contributed by atoms with Gasteiger partial charge >= 0.3 is 6.09 Å². The van der Waals surface area contributed by atoms with Crippen molar-refractivity contribution in [1.29, 1.82) is 0 Å². The number of hydrogen-bond donors (Lipinski definition) is 2. The second-order valence-corrected chi connectivity index (χ2v) is 9.12. The molecular formula is C21H21N3O4S2. The van der Waals surface area contributed by atoms with Crippen LogP contribution in [0, 0.1) is 0 Å². The van der Waals surface area contributed by atoms with Crippen LogP contribution < -0.4 is 10.0 Å². The number of anilines is 2. The molecule has 30 heavy (non-hydrogen) atoms. The van der Waals surface area contributed by atoms with Gasteiger partial charge in [-0.2, -0.15) is 0 Å². The number of thioether (sulfide) groups is 1. The minimum Gasteiger partial charge on any atom is -0.444 e. The molecule has 3 rings (SSSR count). The van der Waals surface area contributed by atoms with Crippen molar-refractivity contribution in [2.75, 3.05) is 16.3 Å². The summed E-state index contributed by atoms with van der Waals surface area (Å²) in [4.78, 5) is 16.4. The molecule has 1 amide bonds. The summed E-state index contributed by atoms with van der Waals surface area (Å²) in [6.07, 6.45) is 1.87. The van der Waals surface area contributed by atoms with Gasteiger partial charge in [0.05, 0.1) is 23.8 Å². The molecule has 0 aliphatic carbocycles. The Bertz CT molecular complexity index is 1090. The Balaban J connectivity index is 1.68. The lowest BCUT2D eigenvalue weighted by Gasteiger charge is -2.12. The summed E-state index contributed by atoms with van der Waals surface area (Å²) in [5.74, 6) is 0.623. The Hall–Kier alpha value is -3.04. The summed E-state index contributed by atoms with van der Waals surface area (Å²) in [5, 5.41) is 3.08. The van der Waals surface area contributed by atoms with Crippen LogP contribution >= 0.6 is 11.8 Å². The molecule has 0 saturated heterocycles. The number of aromatic nitrogens is 1. The summed E-state index contributed by atoms with van der Waals surface area (Å²) in [7, 11) is -3.52. The second kappa shape index (κ2) is 10.1. The summed E-state index contributed by atoms with van der Waals surface area (Å²) >= 11 is 1.39. The smallest absolute Gasteiger partial charge is 0.412 e. The number of nitrogens with zero attached hydrogens (tertiary/aromatic N) is 1. The first-order valence-electron chi connectivity index (χ1n) is 9.01. The predicted molar refractivity (Wildman–Crippen MR) is 119 cm³/mol. The van der Waals surface area contributed by atoms with Crippen LogP contribution in [0.4, 0.5) is 16.2 Å². The molecule has 0 aliphatic heterocycles. The standard InChI is InChI=1S/C21H21N3O4S2/c1-30(26,27)24-19-12-18(23-21(25)28-14-16-8-4-2-5-9-16)13-22-20(19)29-15-17-10-6-3-7-11-17/h2-13,24H,14-15H2,1H3,(H,23,25). The average molecular weight is 444 g/mol. The van der Waals surface area contributed by atoms with Crippen LogP contribution in [0.25, 0.3) is 0 Å². The lowest BCUT2D eigenvalue weighted by Crippen LogP contribution is -2.15. The van der Waals surface area contributed by atoms with Crippen LogP contribution in [0.3, 0.4) is 0 Å². The summed E-state index contributed by atoms with van der Waals surface area (Å²) in [6, 6.07) is 20.6. The number of benzene rings is 2. The van der Waals surface area contributed by atoms with Crippen molar-refractivity contribution in [3.8, 4) is 0 Å². The second-order valence-electron chi connectivity index (χ2n) is 6.41. The maximum atomic E-state index is 12.1. The van der Waals surface area contributed by atoms with Gasteiger partial charge in [0.15, 0.2) is 0 Å². The molecule has 0 bridgehead atoms. The van der Waals surface area contributed by atoms with Gasteiger partial charge in [0.2, 0.25) is 10.0 Å². The number of pyridine rings is 1. The topological polar surface area (TPSA) is 97.4 Å². The number of hydrogen-bond acceptors (Lipinski definition) is 6. The zero-order chi connectivity index (χ0) is 21.4. The third kappa shape index (κ3) is 7.09. The Kier molecular flexibility index (Phi) is 7.31. The molecule has 1 aromatic heterocycles. The fraction of sp³-hybridized carbons (Fsp3) is 0.143. The number of sulfonamides is 1. The van der Waals surface area contributed by atoms with Crippen molar-refractivity contribution in [3.05, 3.63) is 84.1 Å². The van der Waals surface area contributed by atoms with Gasteiger partial charge in [-0.15, -0.1) is 0 Å². The number of nitrogens with one attached hydrogen (secondary N) is 2. The van der Waals surface area contributed by atoms with Gasteiger partial charge in [-0.25, -0.2) is 18.2 Å². The molecule has 0 atom stereocenters. The maximum absolute atomic E-state index is 12.1. The van der Waals surface area contributed by atoms with E-state index in [2.05, 4.69) is 15.0 Å². The van der Waals surface area contributed by atoms with E-state index >= 15 is 0 Å². The monoisotopic (exact) mass is 443 g/mol. The molecule has 7 nitrogen and oxygen atoms in total. The van der Waals surface area contributed by atoms with Gasteiger partial charge in [0.25, 0.3) is 0 Å². The number of carbonyl (C=O) groups is 1. The van der Waals surface area contributed by atoms with Gasteiger partial charge in [-0.1, -0.05) is 72.4 Å². The van der Waals surface area contributed by atoms with E-state index in [1.165, 1.54) is 24.0 Å². The minimum atomic E-state index is -3.52. The zero-order valence-corrected chi connectivity index (χ0v) is 17.9. The van der Waals surface area contributed by atoms with Gasteiger partial charge in [-0.05, 0) is 17.2 Å². The van der Waals surface area contributed by atoms with Crippen molar-refractivity contribution < 1.29 is 17.9 Å². The highest BCUT2D eigenvalue weighted by Crippen LogP contribution is 2.30. The number of rotatable bonds is 8. The van der Waals surface area contributed by atoms with Crippen LogP contribution in [-0.2, 0) is 27.1 Å². The largest absolute Gasteiger partial charge is 0.444 e. The normalized spacial score (nSPS) is 11.0. The highest BCUT2D eigenvalue weighted by molar-refractivity contribution is 7.98. The first-order chi connectivity index (χ1) is 14.4. The summed E-state index contributed by atoms with van der Waals surface area (Å²) in [5.41, 5.74) is 2.56. The van der Waals surface area contributed by atoms with Crippen molar-refractivity contribution >= 4 is 39.3 Å². The Morgan fingerprint density at radius 1 is 1.03 bits per heavy atom. The van der Waals surface area contributed by atoms with E-state index in [1.54, 1.807) is 0 Å². The third-order valence-corrected chi connectivity index (χ3v) is 5.49. The van der Waals surface area contributed by atoms with Crippen LogP contribution in [0.15, 0.2) is 78.0 Å². The van der Waals surface area contributed by atoms with Crippen LogP contribution in [0.1, 0.15) is 11.1 Å². The van der Waals surface area contributed by atoms with Crippen molar-refractivity contribution in [1.82, 2.24) is 4.98 Å². The van der Waals surface area contributed by atoms with Gasteiger partial charge < -0.3 is 4.74 Å². The van der Waals surface area contributed by atoms with Crippen molar-refractivity contribution in [2.24, 2.45) is 0 Å². The fourth-order valence-corrected chi connectivity index (χ4v) is 4.02. The fourth-order valence-electron chi connectivity index (χ4n) is 2.51. The quantitative estimate of drug-likeness (QED) is 0.498. The van der Waals surface area contributed by atoms with Gasteiger partial charge in [0.1, 0.15) is 11.6 Å². The Morgan fingerprint density at radius 3 is 2.30 bits per heavy atom. The van der Waals surface area contributed by atoms with Gasteiger partial charge in [0, 0.05) is 5.75 Å². The van der Waals surface area contributed by atoms with E-state index in [9.17, 15) is 13.2 Å². The third-order valence-electron chi connectivity index (χ3n) is 3.82. The van der Waals surface area contributed by atoms with Crippen LogP contribution in [0.2, 0.25) is 0 Å². The van der Waals surface area contributed by atoms with Crippen molar-refractivity contribution in [2.45, 2.75) is 17.4 Å². The lowest BCUT2D eigenvalue weighted by atomic mass is 10.2.